The van der Waals surface area contributed by atoms with Gasteiger partial charge in [0.05, 0.1) is 4.90 Å². The Hall–Kier alpha value is -1.21. The molecule has 0 fully saturated rings. The molecule has 1 heterocycles. The lowest BCUT2D eigenvalue weighted by atomic mass is 10.1. The molecule has 6 heteroatoms. The lowest BCUT2D eigenvalue weighted by Crippen LogP contribution is -2.24. The zero-order chi connectivity index (χ0) is 15.3. The van der Waals surface area contributed by atoms with Crippen LogP contribution in [0.4, 0.5) is 0 Å². The average molecular weight is 324 g/mol. The van der Waals surface area contributed by atoms with E-state index in [0.29, 0.717) is 18.0 Å². The van der Waals surface area contributed by atoms with Crippen LogP contribution in [0, 0.1) is 0 Å². The van der Waals surface area contributed by atoms with Crippen molar-refractivity contribution in [3.8, 4) is 0 Å². The maximum absolute atomic E-state index is 12.4. The number of hydrogen-bond donors (Lipinski definition) is 2. The first kappa shape index (κ1) is 16.2. The van der Waals surface area contributed by atoms with Gasteiger partial charge in [-0.3, -0.25) is 0 Å². The molecule has 0 spiro atoms. The molecule has 0 unspecified atom stereocenters. The first-order valence-corrected chi connectivity index (χ1v) is 9.22. The minimum absolute atomic E-state index is 0.321. The summed E-state index contributed by atoms with van der Waals surface area (Å²) in [7, 11) is -1.67. The second-order valence-electron chi connectivity index (χ2n) is 4.69. The minimum Gasteiger partial charge on any atom is -0.315 e. The van der Waals surface area contributed by atoms with Gasteiger partial charge in [0.1, 0.15) is 0 Å². The van der Waals surface area contributed by atoms with Crippen molar-refractivity contribution in [2.24, 2.45) is 0 Å². The van der Waals surface area contributed by atoms with Crippen molar-refractivity contribution in [1.29, 1.82) is 0 Å². The van der Waals surface area contributed by atoms with Crippen LogP contribution >= 0.6 is 11.3 Å². The summed E-state index contributed by atoms with van der Waals surface area (Å²) < 4.78 is 27.6. The van der Waals surface area contributed by atoms with Crippen molar-refractivity contribution >= 4 is 21.4 Å². The summed E-state index contributed by atoms with van der Waals surface area (Å²) in [6.07, 6.45) is 0.890. The quantitative estimate of drug-likeness (QED) is 0.823. The third kappa shape index (κ3) is 3.91. The Kier molecular flexibility index (Phi) is 5.52. The van der Waals surface area contributed by atoms with Crippen LogP contribution in [0.15, 0.2) is 40.6 Å². The zero-order valence-corrected chi connectivity index (χ0v) is 13.9. The number of thiophene rings is 1. The van der Waals surface area contributed by atoms with Crippen molar-refractivity contribution in [1.82, 2.24) is 10.0 Å². The number of aryl methyl sites for hydroxylation is 1. The molecule has 0 aliphatic carbocycles. The van der Waals surface area contributed by atoms with Crippen LogP contribution in [-0.4, -0.2) is 15.5 Å². The molecule has 0 amide bonds. The van der Waals surface area contributed by atoms with E-state index < -0.39 is 10.0 Å². The first-order chi connectivity index (χ1) is 10.1. The highest BCUT2D eigenvalue weighted by molar-refractivity contribution is 7.89. The Labute approximate surface area is 130 Å². The number of nitrogens with one attached hydrogen (secondary N) is 2. The summed E-state index contributed by atoms with van der Waals surface area (Å²) in [5.74, 6) is 0. The van der Waals surface area contributed by atoms with Gasteiger partial charge in [-0.15, -0.1) is 11.3 Å². The van der Waals surface area contributed by atoms with Crippen LogP contribution in [0.5, 0.6) is 0 Å². The largest absolute Gasteiger partial charge is 0.315 e. The number of rotatable bonds is 7. The van der Waals surface area contributed by atoms with Gasteiger partial charge in [-0.1, -0.05) is 31.2 Å². The van der Waals surface area contributed by atoms with E-state index in [1.165, 1.54) is 16.9 Å². The summed E-state index contributed by atoms with van der Waals surface area (Å²) in [6.45, 7) is 2.94. The summed E-state index contributed by atoms with van der Waals surface area (Å²) >= 11 is 1.45. The maximum Gasteiger partial charge on any atom is 0.242 e. The Morgan fingerprint density at radius 1 is 1.10 bits per heavy atom. The van der Waals surface area contributed by atoms with Gasteiger partial charge in [0.2, 0.25) is 10.0 Å². The van der Waals surface area contributed by atoms with E-state index in [1.807, 2.05) is 24.3 Å². The van der Waals surface area contributed by atoms with E-state index in [4.69, 9.17) is 0 Å². The van der Waals surface area contributed by atoms with E-state index in [9.17, 15) is 8.42 Å². The smallest absolute Gasteiger partial charge is 0.242 e. The van der Waals surface area contributed by atoms with Gasteiger partial charge in [-0.25, -0.2) is 13.1 Å². The van der Waals surface area contributed by atoms with Crippen LogP contribution in [0.25, 0.3) is 0 Å². The van der Waals surface area contributed by atoms with Crippen LogP contribution in [0.2, 0.25) is 0 Å². The summed E-state index contributed by atoms with van der Waals surface area (Å²) in [4.78, 5) is 1.20. The van der Waals surface area contributed by atoms with Crippen LogP contribution < -0.4 is 10.0 Å². The number of benzene rings is 1. The van der Waals surface area contributed by atoms with Crippen molar-refractivity contribution < 1.29 is 8.42 Å². The third-order valence-electron chi connectivity index (χ3n) is 3.28. The third-order valence-corrected chi connectivity index (χ3v) is 5.82. The van der Waals surface area contributed by atoms with Crippen molar-refractivity contribution in [3.05, 3.63) is 51.7 Å². The van der Waals surface area contributed by atoms with Gasteiger partial charge in [0.15, 0.2) is 0 Å². The molecule has 0 atom stereocenters. The molecular formula is C15H20N2O2S2. The lowest BCUT2D eigenvalue weighted by molar-refractivity contribution is 0.580. The molecule has 2 rings (SSSR count). The van der Waals surface area contributed by atoms with Crippen LogP contribution in [0.1, 0.15) is 22.9 Å². The fourth-order valence-electron chi connectivity index (χ4n) is 2.18. The maximum atomic E-state index is 12.4. The molecule has 4 nitrogen and oxygen atoms in total. The summed E-state index contributed by atoms with van der Waals surface area (Å²) in [5.41, 5.74) is 2.19. The highest BCUT2D eigenvalue weighted by atomic mass is 32.2. The topological polar surface area (TPSA) is 58.2 Å². The van der Waals surface area contributed by atoms with Crippen molar-refractivity contribution in [2.45, 2.75) is 31.3 Å². The monoisotopic (exact) mass is 324 g/mol. The predicted molar refractivity (Wildman–Crippen MR) is 86.9 cm³/mol. The molecule has 2 aromatic rings. The van der Waals surface area contributed by atoms with E-state index in [0.717, 1.165) is 16.9 Å². The molecule has 1 aromatic carbocycles. The fraction of sp³-hybridized carbons (Fsp3) is 0.333. The standard InChI is InChI=1S/C15H20N2O2S2/c1-3-12-6-4-5-7-13(12)10-17-21(18,19)15-8-9-20-14(15)11-16-2/h4-9,16-17H,3,10-11H2,1-2H3. The minimum atomic E-state index is -3.47. The summed E-state index contributed by atoms with van der Waals surface area (Å²) in [6, 6.07) is 9.55. The molecule has 0 aliphatic heterocycles. The zero-order valence-electron chi connectivity index (χ0n) is 12.2. The molecule has 0 saturated heterocycles. The van der Waals surface area contributed by atoms with Gasteiger partial charge >= 0.3 is 0 Å². The molecule has 0 bridgehead atoms. The van der Waals surface area contributed by atoms with Crippen molar-refractivity contribution in [2.75, 3.05) is 7.05 Å². The fourth-order valence-corrected chi connectivity index (χ4v) is 4.64. The Morgan fingerprint density at radius 3 is 2.48 bits per heavy atom. The van der Waals surface area contributed by atoms with E-state index >= 15 is 0 Å². The van der Waals surface area contributed by atoms with Crippen LogP contribution in [-0.2, 0) is 29.5 Å². The lowest BCUT2D eigenvalue weighted by Gasteiger charge is -2.10. The number of sulfonamides is 1. The summed E-state index contributed by atoms with van der Waals surface area (Å²) in [5, 5.41) is 4.80. The van der Waals surface area contributed by atoms with Gasteiger partial charge in [-0.05, 0) is 36.0 Å². The molecule has 2 N–H and O–H groups in total. The first-order valence-electron chi connectivity index (χ1n) is 6.86. The van der Waals surface area contributed by atoms with Crippen molar-refractivity contribution in [3.63, 3.8) is 0 Å². The Morgan fingerprint density at radius 2 is 1.81 bits per heavy atom. The molecule has 0 aliphatic rings. The normalized spacial score (nSPS) is 11.7. The Bertz CT molecular complexity index is 693. The molecule has 0 saturated carbocycles. The van der Waals surface area contributed by atoms with Gasteiger partial charge in [0.25, 0.3) is 0 Å². The van der Waals surface area contributed by atoms with E-state index in [-0.39, 0.29) is 0 Å². The molecular weight excluding hydrogens is 304 g/mol. The van der Waals surface area contributed by atoms with Gasteiger partial charge < -0.3 is 5.32 Å². The highest BCUT2D eigenvalue weighted by Gasteiger charge is 2.19. The molecule has 0 radical (unpaired) electrons. The van der Waals surface area contributed by atoms with Gasteiger partial charge in [-0.2, -0.15) is 0 Å². The predicted octanol–water partition coefficient (Wildman–Crippen LogP) is 2.51. The second kappa shape index (κ2) is 7.17. The van der Waals surface area contributed by atoms with Gasteiger partial charge in [0, 0.05) is 18.0 Å². The van der Waals surface area contributed by atoms with E-state index in [2.05, 4.69) is 17.0 Å². The molecule has 21 heavy (non-hydrogen) atoms. The van der Waals surface area contributed by atoms with E-state index in [1.54, 1.807) is 18.5 Å². The average Bonchev–Trinajstić information content (AvgIpc) is 2.95. The highest BCUT2D eigenvalue weighted by Crippen LogP contribution is 2.22. The molecule has 1 aromatic heterocycles. The Balaban J connectivity index is 2.16. The second-order valence-corrected chi connectivity index (χ2v) is 7.42. The SMILES string of the molecule is CCc1ccccc1CNS(=O)(=O)c1ccsc1CNC. The molecule has 114 valence electrons. The van der Waals surface area contributed by atoms with Crippen LogP contribution in [0.3, 0.4) is 0 Å². The number of hydrogen-bond acceptors (Lipinski definition) is 4.